The highest BCUT2D eigenvalue weighted by Crippen LogP contribution is 2.24. The molecule has 2 unspecified atom stereocenters. The van der Waals surface area contributed by atoms with E-state index in [1.807, 2.05) is 6.20 Å². The third-order valence-corrected chi connectivity index (χ3v) is 4.55. The first-order chi connectivity index (χ1) is 10.2. The standard InChI is InChI=1S/C16H24N4O.2ClH/c17-14-5-4-13(9-14)16(21)19-11-12-3-6-15(18-10-12)20-7-1-2-8-20;;/h3,6,10,13-14H,1-2,4-5,7-9,11,17H2,(H,19,21);2*1H. The van der Waals surface area contributed by atoms with Gasteiger partial charge in [-0.15, -0.1) is 24.8 Å². The highest BCUT2D eigenvalue weighted by atomic mass is 35.5. The molecule has 1 aliphatic heterocycles. The first-order valence-electron chi connectivity index (χ1n) is 7.95. The maximum Gasteiger partial charge on any atom is 0.223 e. The van der Waals surface area contributed by atoms with Crippen LogP contribution in [0.4, 0.5) is 5.82 Å². The van der Waals surface area contributed by atoms with Crippen LogP contribution in [0.3, 0.4) is 0 Å². The molecule has 7 heteroatoms. The van der Waals surface area contributed by atoms with Gasteiger partial charge in [-0.05, 0) is 43.7 Å². The number of pyridine rings is 1. The van der Waals surface area contributed by atoms with Crippen molar-refractivity contribution < 1.29 is 4.79 Å². The maximum atomic E-state index is 12.0. The highest BCUT2D eigenvalue weighted by molar-refractivity contribution is 5.85. The first kappa shape index (κ1) is 20.0. The molecule has 23 heavy (non-hydrogen) atoms. The molecular formula is C16H26Cl2N4O. The van der Waals surface area contributed by atoms with E-state index in [1.165, 1.54) is 12.8 Å². The van der Waals surface area contributed by atoms with E-state index in [1.54, 1.807) is 0 Å². The van der Waals surface area contributed by atoms with E-state index in [9.17, 15) is 4.79 Å². The van der Waals surface area contributed by atoms with Crippen molar-refractivity contribution in [1.29, 1.82) is 0 Å². The molecule has 1 aromatic rings. The van der Waals surface area contributed by atoms with Gasteiger partial charge in [-0.3, -0.25) is 4.79 Å². The Morgan fingerprint density at radius 3 is 2.57 bits per heavy atom. The number of halogens is 2. The van der Waals surface area contributed by atoms with Crippen LogP contribution in [0.2, 0.25) is 0 Å². The first-order valence-corrected chi connectivity index (χ1v) is 7.95. The summed E-state index contributed by atoms with van der Waals surface area (Å²) in [6, 6.07) is 4.31. The molecule has 1 aliphatic carbocycles. The number of amides is 1. The lowest BCUT2D eigenvalue weighted by molar-refractivity contribution is -0.125. The second kappa shape index (κ2) is 9.30. The second-order valence-corrected chi connectivity index (χ2v) is 6.21. The van der Waals surface area contributed by atoms with Crippen molar-refractivity contribution in [2.75, 3.05) is 18.0 Å². The summed E-state index contributed by atoms with van der Waals surface area (Å²) in [7, 11) is 0. The molecule has 2 aliphatic rings. The molecule has 0 aromatic carbocycles. The smallest absolute Gasteiger partial charge is 0.223 e. The molecule has 130 valence electrons. The van der Waals surface area contributed by atoms with Crippen LogP contribution >= 0.6 is 24.8 Å². The Bertz CT molecular complexity index is 491. The topological polar surface area (TPSA) is 71.2 Å². The zero-order valence-electron chi connectivity index (χ0n) is 13.2. The zero-order chi connectivity index (χ0) is 14.7. The number of hydrogen-bond acceptors (Lipinski definition) is 4. The molecule has 3 rings (SSSR count). The van der Waals surface area contributed by atoms with Crippen molar-refractivity contribution in [3.63, 3.8) is 0 Å². The summed E-state index contributed by atoms with van der Waals surface area (Å²) >= 11 is 0. The lowest BCUT2D eigenvalue weighted by Gasteiger charge is -2.16. The van der Waals surface area contributed by atoms with Crippen LogP contribution in [-0.2, 0) is 11.3 Å². The van der Waals surface area contributed by atoms with Gasteiger partial charge in [-0.2, -0.15) is 0 Å². The SMILES string of the molecule is Cl.Cl.NC1CCC(C(=O)NCc2ccc(N3CCCC3)nc2)C1. The molecule has 0 bridgehead atoms. The van der Waals surface area contributed by atoms with Crippen LogP contribution < -0.4 is 16.0 Å². The summed E-state index contributed by atoms with van der Waals surface area (Å²) in [5.74, 6) is 1.27. The number of nitrogens with two attached hydrogens (primary N) is 1. The van der Waals surface area contributed by atoms with Crippen molar-refractivity contribution in [2.45, 2.75) is 44.7 Å². The zero-order valence-corrected chi connectivity index (χ0v) is 14.9. The molecule has 1 aromatic heterocycles. The maximum absolute atomic E-state index is 12.0. The van der Waals surface area contributed by atoms with Gasteiger partial charge in [-0.25, -0.2) is 4.98 Å². The van der Waals surface area contributed by atoms with Crippen LogP contribution in [0.15, 0.2) is 18.3 Å². The van der Waals surface area contributed by atoms with Crippen molar-refractivity contribution in [3.8, 4) is 0 Å². The van der Waals surface area contributed by atoms with Crippen LogP contribution in [-0.4, -0.2) is 30.0 Å². The van der Waals surface area contributed by atoms with E-state index in [0.29, 0.717) is 6.54 Å². The Labute approximate surface area is 150 Å². The van der Waals surface area contributed by atoms with Crippen molar-refractivity contribution >= 4 is 36.5 Å². The Kier molecular flexibility index (Phi) is 8.09. The summed E-state index contributed by atoms with van der Waals surface area (Å²) in [6.45, 7) is 2.76. The van der Waals surface area contributed by atoms with E-state index >= 15 is 0 Å². The molecule has 2 atom stereocenters. The molecular weight excluding hydrogens is 335 g/mol. The van der Waals surface area contributed by atoms with Crippen molar-refractivity contribution in [1.82, 2.24) is 10.3 Å². The summed E-state index contributed by atoms with van der Waals surface area (Å²) in [6.07, 6.45) is 7.07. The van der Waals surface area contributed by atoms with Gasteiger partial charge in [0.2, 0.25) is 5.91 Å². The van der Waals surface area contributed by atoms with Crippen LogP contribution in [0.25, 0.3) is 0 Å². The van der Waals surface area contributed by atoms with E-state index in [-0.39, 0.29) is 42.7 Å². The average molecular weight is 361 g/mol. The summed E-state index contributed by atoms with van der Waals surface area (Å²) in [5, 5.41) is 3.00. The number of anilines is 1. The lowest BCUT2D eigenvalue weighted by atomic mass is 10.1. The van der Waals surface area contributed by atoms with Gasteiger partial charge in [0.1, 0.15) is 5.82 Å². The van der Waals surface area contributed by atoms with Crippen LogP contribution in [0.1, 0.15) is 37.7 Å². The second-order valence-electron chi connectivity index (χ2n) is 6.21. The Balaban J connectivity index is 0.00000132. The normalized spacial score (nSPS) is 23.1. The number of rotatable bonds is 4. The average Bonchev–Trinajstić information content (AvgIpc) is 3.16. The number of aromatic nitrogens is 1. The van der Waals surface area contributed by atoms with Crippen LogP contribution in [0, 0.1) is 5.92 Å². The fraction of sp³-hybridized carbons (Fsp3) is 0.625. The Morgan fingerprint density at radius 1 is 1.26 bits per heavy atom. The highest BCUT2D eigenvalue weighted by Gasteiger charge is 2.27. The number of carbonyl (C=O) groups is 1. The molecule has 5 nitrogen and oxygen atoms in total. The van der Waals surface area contributed by atoms with E-state index in [2.05, 4.69) is 27.3 Å². The van der Waals surface area contributed by atoms with Gasteiger partial charge in [-0.1, -0.05) is 6.07 Å². The molecule has 2 fully saturated rings. The lowest BCUT2D eigenvalue weighted by Crippen LogP contribution is -2.30. The third kappa shape index (κ3) is 5.23. The molecule has 1 saturated carbocycles. The Hall–Kier alpha value is -1.04. The van der Waals surface area contributed by atoms with Crippen molar-refractivity contribution in [2.24, 2.45) is 11.7 Å². The van der Waals surface area contributed by atoms with E-state index in [4.69, 9.17) is 5.73 Å². The minimum atomic E-state index is 0. The quantitative estimate of drug-likeness (QED) is 0.863. The monoisotopic (exact) mass is 360 g/mol. The van der Waals surface area contributed by atoms with Gasteiger partial charge >= 0.3 is 0 Å². The summed E-state index contributed by atoms with van der Waals surface area (Å²) < 4.78 is 0. The van der Waals surface area contributed by atoms with Gasteiger partial charge < -0.3 is 16.0 Å². The number of nitrogens with one attached hydrogen (secondary N) is 1. The largest absolute Gasteiger partial charge is 0.357 e. The molecule has 2 heterocycles. The van der Waals surface area contributed by atoms with Gasteiger partial charge in [0.05, 0.1) is 0 Å². The van der Waals surface area contributed by atoms with Gasteiger partial charge in [0.25, 0.3) is 0 Å². The molecule has 0 spiro atoms. The van der Waals surface area contributed by atoms with E-state index in [0.717, 1.165) is 43.7 Å². The number of carbonyl (C=O) groups excluding carboxylic acids is 1. The molecule has 0 radical (unpaired) electrons. The van der Waals surface area contributed by atoms with Gasteiger partial charge in [0.15, 0.2) is 0 Å². The minimum Gasteiger partial charge on any atom is -0.357 e. The minimum absolute atomic E-state index is 0. The summed E-state index contributed by atoms with van der Waals surface area (Å²) in [5.41, 5.74) is 6.90. The van der Waals surface area contributed by atoms with Gasteiger partial charge in [0, 0.05) is 37.8 Å². The molecule has 3 N–H and O–H groups in total. The molecule has 1 amide bonds. The fourth-order valence-corrected chi connectivity index (χ4v) is 3.24. The fourth-order valence-electron chi connectivity index (χ4n) is 3.24. The Morgan fingerprint density at radius 2 is 2.00 bits per heavy atom. The third-order valence-electron chi connectivity index (χ3n) is 4.55. The molecule has 1 saturated heterocycles. The summed E-state index contributed by atoms with van der Waals surface area (Å²) in [4.78, 5) is 18.9. The predicted molar refractivity (Wildman–Crippen MR) is 97.3 cm³/mol. The number of nitrogens with zero attached hydrogens (tertiary/aromatic N) is 2. The van der Waals surface area contributed by atoms with Crippen LogP contribution in [0.5, 0.6) is 0 Å². The van der Waals surface area contributed by atoms with Crippen molar-refractivity contribution in [3.05, 3.63) is 23.9 Å². The number of hydrogen-bond donors (Lipinski definition) is 2. The predicted octanol–water partition coefficient (Wildman–Crippen LogP) is 2.27. The van der Waals surface area contributed by atoms with E-state index < -0.39 is 0 Å².